The van der Waals surface area contributed by atoms with Gasteiger partial charge in [-0.3, -0.25) is 24.2 Å². The molecule has 0 N–H and O–H groups in total. The number of carbonyl (C=O) groups excluding carboxylic acids is 2. The third kappa shape index (κ3) is 5.69. The summed E-state index contributed by atoms with van der Waals surface area (Å²) in [6.45, 7) is 5.79. The Bertz CT molecular complexity index is 1110. The first-order valence-electron chi connectivity index (χ1n) is 11.8. The standard InChI is InChI=1S/C26H32N6O2/c1-21(33)32-17-7-15-30(19-22-8-5-12-27-18-22)14-6-16-31(20-23-9-3-4-10-24(23)32)26(34)25-11-13-28-29(25)2/h3-5,8-13,18H,6-7,14-17,19-20H2,1-2H3. The van der Waals surface area contributed by atoms with Gasteiger partial charge in [0.2, 0.25) is 5.91 Å². The molecule has 0 saturated carbocycles. The van der Waals surface area contributed by atoms with Crippen LogP contribution in [0.25, 0.3) is 0 Å². The number of hydrogen-bond acceptors (Lipinski definition) is 5. The lowest BCUT2D eigenvalue weighted by Crippen LogP contribution is -2.38. The van der Waals surface area contributed by atoms with Crippen molar-refractivity contribution >= 4 is 17.5 Å². The highest BCUT2D eigenvalue weighted by Gasteiger charge is 2.23. The molecule has 8 nitrogen and oxygen atoms in total. The predicted octanol–water partition coefficient (Wildman–Crippen LogP) is 3.11. The summed E-state index contributed by atoms with van der Waals surface area (Å²) < 4.78 is 1.61. The van der Waals surface area contributed by atoms with Gasteiger partial charge in [-0.05, 0) is 42.2 Å². The third-order valence-corrected chi connectivity index (χ3v) is 6.24. The fourth-order valence-electron chi connectivity index (χ4n) is 4.52. The van der Waals surface area contributed by atoms with Gasteiger partial charge in [0.05, 0.1) is 0 Å². The van der Waals surface area contributed by atoms with Crippen molar-refractivity contribution in [2.45, 2.75) is 32.9 Å². The number of carbonyl (C=O) groups is 2. The predicted molar refractivity (Wildman–Crippen MR) is 131 cm³/mol. The Kier molecular flexibility index (Phi) is 7.69. The molecule has 1 aliphatic rings. The summed E-state index contributed by atoms with van der Waals surface area (Å²) in [4.78, 5) is 36.4. The first kappa shape index (κ1) is 23.6. The molecule has 0 aliphatic carbocycles. The number of hydrogen-bond donors (Lipinski definition) is 0. The Morgan fingerprint density at radius 1 is 0.941 bits per heavy atom. The molecule has 2 amide bonds. The molecule has 34 heavy (non-hydrogen) atoms. The molecule has 0 saturated heterocycles. The zero-order valence-corrected chi connectivity index (χ0v) is 19.9. The van der Waals surface area contributed by atoms with Crippen LogP contribution in [0.1, 0.15) is 41.4 Å². The highest BCUT2D eigenvalue weighted by Crippen LogP contribution is 2.24. The molecule has 1 aromatic carbocycles. The van der Waals surface area contributed by atoms with Crippen LogP contribution in [0.2, 0.25) is 0 Å². The Morgan fingerprint density at radius 2 is 1.74 bits per heavy atom. The molecule has 4 rings (SSSR count). The van der Waals surface area contributed by atoms with Gasteiger partial charge >= 0.3 is 0 Å². The Hall–Kier alpha value is -3.52. The molecule has 8 heteroatoms. The fourth-order valence-corrected chi connectivity index (χ4v) is 4.52. The second-order valence-electron chi connectivity index (χ2n) is 8.71. The maximum Gasteiger partial charge on any atom is 0.272 e. The van der Waals surface area contributed by atoms with E-state index in [0.29, 0.717) is 25.3 Å². The van der Waals surface area contributed by atoms with Crippen LogP contribution in [0.3, 0.4) is 0 Å². The van der Waals surface area contributed by atoms with Crippen LogP contribution < -0.4 is 4.90 Å². The lowest BCUT2D eigenvalue weighted by Gasteiger charge is -2.31. The van der Waals surface area contributed by atoms with Crippen molar-refractivity contribution in [2.75, 3.05) is 31.1 Å². The number of aromatic nitrogens is 3. The SMILES string of the molecule is CC(=O)N1CCCN(Cc2cccnc2)CCCN(C(=O)c2ccnn2C)Cc2ccccc21. The van der Waals surface area contributed by atoms with Gasteiger partial charge in [0.15, 0.2) is 0 Å². The first-order chi connectivity index (χ1) is 16.5. The molecule has 0 fully saturated rings. The number of pyridine rings is 1. The normalized spacial score (nSPS) is 15.8. The average molecular weight is 461 g/mol. The molecule has 0 bridgehead atoms. The van der Waals surface area contributed by atoms with E-state index in [4.69, 9.17) is 0 Å². The molecule has 178 valence electrons. The Morgan fingerprint density at radius 3 is 2.44 bits per heavy atom. The van der Waals surface area contributed by atoms with Crippen LogP contribution >= 0.6 is 0 Å². The molecule has 2 aromatic heterocycles. The molecular formula is C26H32N6O2. The summed E-state index contributed by atoms with van der Waals surface area (Å²) in [7, 11) is 1.78. The van der Waals surface area contributed by atoms with Crippen LogP contribution in [-0.2, 0) is 24.9 Å². The van der Waals surface area contributed by atoms with Crippen molar-refractivity contribution in [1.29, 1.82) is 0 Å². The van der Waals surface area contributed by atoms with Crippen molar-refractivity contribution in [3.63, 3.8) is 0 Å². The van der Waals surface area contributed by atoms with Crippen molar-refractivity contribution in [3.8, 4) is 0 Å². The van der Waals surface area contributed by atoms with E-state index < -0.39 is 0 Å². The van der Waals surface area contributed by atoms with Gasteiger partial charge < -0.3 is 9.80 Å². The summed E-state index contributed by atoms with van der Waals surface area (Å²) >= 11 is 0. The summed E-state index contributed by atoms with van der Waals surface area (Å²) in [6.07, 6.45) is 7.04. The number of amides is 2. The van der Waals surface area contributed by atoms with Gasteiger partial charge in [-0.15, -0.1) is 0 Å². The van der Waals surface area contributed by atoms with Crippen LogP contribution in [0.5, 0.6) is 0 Å². The van der Waals surface area contributed by atoms with Crippen LogP contribution in [0, 0.1) is 0 Å². The van der Waals surface area contributed by atoms with Crippen molar-refractivity contribution in [2.24, 2.45) is 7.05 Å². The fraction of sp³-hybridized carbons (Fsp3) is 0.385. The summed E-state index contributed by atoms with van der Waals surface area (Å²) in [6, 6.07) is 13.7. The highest BCUT2D eigenvalue weighted by molar-refractivity contribution is 5.94. The van der Waals surface area contributed by atoms with E-state index in [0.717, 1.165) is 49.3 Å². The van der Waals surface area contributed by atoms with Crippen LogP contribution in [0.15, 0.2) is 61.1 Å². The topological polar surface area (TPSA) is 74.6 Å². The molecular weight excluding hydrogens is 428 g/mol. The van der Waals surface area contributed by atoms with Gasteiger partial charge in [-0.2, -0.15) is 5.10 Å². The smallest absolute Gasteiger partial charge is 0.272 e. The number of fused-ring (bicyclic) bond motifs is 1. The van der Waals surface area contributed by atoms with Gasteiger partial charge in [0, 0.05) is 77.5 Å². The van der Waals surface area contributed by atoms with Gasteiger partial charge in [-0.25, -0.2) is 0 Å². The third-order valence-electron chi connectivity index (χ3n) is 6.24. The largest absolute Gasteiger partial charge is 0.333 e. The number of benzene rings is 1. The second kappa shape index (κ2) is 11.1. The summed E-state index contributed by atoms with van der Waals surface area (Å²) in [5.74, 6) is -0.0483. The minimum absolute atomic E-state index is 0.00725. The van der Waals surface area contributed by atoms with Gasteiger partial charge in [-0.1, -0.05) is 24.3 Å². The minimum atomic E-state index is -0.0555. The monoisotopic (exact) mass is 460 g/mol. The lowest BCUT2D eigenvalue weighted by atomic mass is 10.1. The van der Waals surface area contributed by atoms with E-state index >= 15 is 0 Å². The molecule has 0 spiro atoms. The number of para-hydroxylation sites is 1. The zero-order valence-electron chi connectivity index (χ0n) is 19.9. The van der Waals surface area contributed by atoms with Crippen molar-refractivity contribution < 1.29 is 9.59 Å². The zero-order chi connectivity index (χ0) is 23.9. The van der Waals surface area contributed by atoms with Crippen LogP contribution in [0.4, 0.5) is 5.69 Å². The maximum atomic E-state index is 13.5. The molecule has 0 atom stereocenters. The number of anilines is 1. The van der Waals surface area contributed by atoms with Crippen molar-refractivity contribution in [1.82, 2.24) is 24.6 Å². The van der Waals surface area contributed by atoms with Gasteiger partial charge in [0.25, 0.3) is 5.91 Å². The molecule has 3 aromatic rings. The van der Waals surface area contributed by atoms with E-state index in [-0.39, 0.29) is 11.8 Å². The quantitative estimate of drug-likeness (QED) is 0.601. The van der Waals surface area contributed by atoms with E-state index in [2.05, 4.69) is 21.0 Å². The van der Waals surface area contributed by atoms with E-state index in [1.54, 1.807) is 37.1 Å². The summed E-state index contributed by atoms with van der Waals surface area (Å²) in [5, 5.41) is 4.18. The summed E-state index contributed by atoms with van der Waals surface area (Å²) in [5.41, 5.74) is 3.56. The highest BCUT2D eigenvalue weighted by atomic mass is 16.2. The van der Waals surface area contributed by atoms with E-state index in [9.17, 15) is 9.59 Å². The molecule has 0 radical (unpaired) electrons. The van der Waals surface area contributed by atoms with Crippen LogP contribution in [-0.4, -0.2) is 62.6 Å². The number of nitrogens with zero attached hydrogens (tertiary/aromatic N) is 6. The van der Waals surface area contributed by atoms with Crippen molar-refractivity contribution in [3.05, 3.63) is 77.9 Å². The second-order valence-corrected chi connectivity index (χ2v) is 8.71. The molecule has 0 unspecified atom stereocenters. The molecule has 1 aliphatic heterocycles. The molecule has 3 heterocycles. The number of aryl methyl sites for hydroxylation is 1. The average Bonchev–Trinajstić information content (AvgIpc) is 3.26. The maximum absolute atomic E-state index is 13.5. The Balaban J connectivity index is 1.63. The Labute approximate surface area is 200 Å². The van der Waals surface area contributed by atoms with Gasteiger partial charge in [0.1, 0.15) is 5.69 Å². The van der Waals surface area contributed by atoms with E-state index in [1.165, 1.54) is 0 Å². The van der Waals surface area contributed by atoms with E-state index in [1.807, 2.05) is 46.3 Å². The number of rotatable bonds is 3. The first-order valence-corrected chi connectivity index (χ1v) is 11.8. The minimum Gasteiger partial charge on any atom is -0.333 e. The lowest BCUT2D eigenvalue weighted by molar-refractivity contribution is -0.116.